The molecule has 0 bridgehead atoms. The summed E-state index contributed by atoms with van der Waals surface area (Å²) in [7, 11) is 0. The number of ether oxygens (including phenoxy) is 1. The zero-order valence-corrected chi connectivity index (χ0v) is 18.6. The number of hydrogen-bond acceptors (Lipinski definition) is 8. The molecular weight excluding hydrogens is 466 g/mol. The van der Waals surface area contributed by atoms with Gasteiger partial charge in [0.1, 0.15) is 12.2 Å². The van der Waals surface area contributed by atoms with Crippen LogP contribution >= 0.6 is 15.9 Å². The molecule has 0 N–H and O–H groups in total. The molecule has 0 fully saturated rings. The van der Waals surface area contributed by atoms with E-state index in [1.807, 2.05) is 24.3 Å². The number of aromatic nitrogens is 3. The Labute approximate surface area is 185 Å². The second-order valence-electron chi connectivity index (χ2n) is 7.25. The van der Waals surface area contributed by atoms with E-state index < -0.39 is 5.63 Å². The van der Waals surface area contributed by atoms with Crippen LogP contribution in [0, 0.1) is 12.8 Å². The van der Waals surface area contributed by atoms with Crippen molar-refractivity contribution in [3.8, 4) is 22.8 Å². The normalized spacial score (nSPS) is 11.3. The maximum Gasteiger partial charge on any atom is 0.349 e. The van der Waals surface area contributed by atoms with E-state index in [2.05, 4.69) is 31.1 Å². The van der Waals surface area contributed by atoms with Crippen LogP contribution in [0.1, 0.15) is 25.1 Å². The third kappa shape index (κ3) is 4.27. The van der Waals surface area contributed by atoms with Crippen LogP contribution in [0.2, 0.25) is 0 Å². The number of hydrogen-bond donors (Lipinski definition) is 0. The lowest BCUT2D eigenvalue weighted by Gasteiger charge is -2.10. The fourth-order valence-corrected chi connectivity index (χ4v) is 3.17. The van der Waals surface area contributed by atoms with Gasteiger partial charge in [-0.2, -0.15) is 4.98 Å². The molecule has 4 rings (SSSR count). The molecule has 0 aliphatic heterocycles. The molecule has 0 aliphatic rings. The van der Waals surface area contributed by atoms with Gasteiger partial charge >= 0.3 is 11.6 Å². The second-order valence-corrected chi connectivity index (χ2v) is 8.17. The lowest BCUT2D eigenvalue weighted by molar-refractivity contribution is -0.148. The van der Waals surface area contributed by atoms with Crippen molar-refractivity contribution in [2.45, 2.75) is 27.4 Å². The van der Waals surface area contributed by atoms with Crippen molar-refractivity contribution in [3.05, 3.63) is 62.7 Å². The van der Waals surface area contributed by atoms with E-state index in [0.717, 1.165) is 10.0 Å². The summed E-state index contributed by atoms with van der Waals surface area (Å²) < 4.78 is 17.1. The van der Waals surface area contributed by atoms with Crippen molar-refractivity contribution >= 4 is 32.9 Å². The number of halogens is 1. The van der Waals surface area contributed by atoms with E-state index >= 15 is 0 Å². The van der Waals surface area contributed by atoms with Crippen LogP contribution in [0.15, 0.2) is 54.7 Å². The average Bonchev–Trinajstić information content (AvgIpc) is 3.23. The Morgan fingerprint density at radius 3 is 2.68 bits per heavy atom. The first-order valence-corrected chi connectivity index (χ1v) is 10.3. The van der Waals surface area contributed by atoms with Gasteiger partial charge < -0.3 is 13.7 Å². The van der Waals surface area contributed by atoms with E-state index in [-0.39, 0.29) is 29.9 Å². The number of fused-ring (bicyclic) bond motifs is 1. The SMILES string of the molecule is Cc1ncc(COC(=O)C(C)C)c2cc(-c3nc(-c4ccc(Br)cc4)no3)c(=O)oc12. The molecule has 4 aromatic rings. The molecule has 0 saturated carbocycles. The summed E-state index contributed by atoms with van der Waals surface area (Å²) in [6, 6.07) is 8.98. The summed E-state index contributed by atoms with van der Waals surface area (Å²) in [5.74, 6) is -0.205. The molecular formula is C22H18BrN3O5. The van der Waals surface area contributed by atoms with Gasteiger partial charge in [-0.3, -0.25) is 9.78 Å². The van der Waals surface area contributed by atoms with Crippen LogP contribution in [-0.4, -0.2) is 21.1 Å². The highest BCUT2D eigenvalue weighted by molar-refractivity contribution is 9.10. The molecule has 3 heterocycles. The van der Waals surface area contributed by atoms with E-state index in [1.54, 1.807) is 33.0 Å². The number of carbonyl (C=O) groups is 1. The number of rotatable bonds is 5. The molecule has 158 valence electrons. The molecule has 0 saturated heterocycles. The van der Waals surface area contributed by atoms with Crippen LogP contribution in [-0.2, 0) is 16.1 Å². The smallest absolute Gasteiger partial charge is 0.349 e. The van der Waals surface area contributed by atoms with E-state index in [1.165, 1.54) is 0 Å². The summed E-state index contributed by atoms with van der Waals surface area (Å²) in [5, 5.41) is 4.55. The van der Waals surface area contributed by atoms with Crippen LogP contribution in [0.25, 0.3) is 33.8 Å². The third-order valence-corrected chi connectivity index (χ3v) is 5.17. The molecule has 3 aromatic heterocycles. The van der Waals surface area contributed by atoms with Crippen molar-refractivity contribution in [1.29, 1.82) is 0 Å². The van der Waals surface area contributed by atoms with Gasteiger partial charge in [-0.05, 0) is 37.3 Å². The topological polar surface area (TPSA) is 108 Å². The van der Waals surface area contributed by atoms with Gasteiger partial charge in [0.05, 0.1) is 11.6 Å². The summed E-state index contributed by atoms with van der Waals surface area (Å²) >= 11 is 3.38. The summed E-state index contributed by atoms with van der Waals surface area (Å²) in [6.07, 6.45) is 1.59. The highest BCUT2D eigenvalue weighted by atomic mass is 79.9. The summed E-state index contributed by atoms with van der Waals surface area (Å²) in [5.41, 5.74) is 1.69. The number of pyridine rings is 1. The fourth-order valence-electron chi connectivity index (χ4n) is 2.91. The largest absolute Gasteiger partial charge is 0.461 e. The first kappa shape index (κ1) is 20.9. The van der Waals surface area contributed by atoms with Crippen molar-refractivity contribution in [3.63, 3.8) is 0 Å². The Hall–Kier alpha value is -3.33. The predicted molar refractivity (Wildman–Crippen MR) is 116 cm³/mol. The van der Waals surface area contributed by atoms with Gasteiger partial charge in [0.2, 0.25) is 5.82 Å². The standard InChI is InChI=1S/C22H18BrN3O5/c1-11(2)21(27)29-10-14-9-24-12(3)18-16(14)8-17(22(28)30-18)20-25-19(26-31-20)13-4-6-15(23)7-5-13/h4-9,11H,10H2,1-3H3. The Kier molecular flexibility index (Phi) is 5.69. The van der Waals surface area contributed by atoms with Gasteiger partial charge in [0.25, 0.3) is 5.89 Å². The minimum Gasteiger partial charge on any atom is -0.461 e. The van der Waals surface area contributed by atoms with Crippen LogP contribution < -0.4 is 5.63 Å². The van der Waals surface area contributed by atoms with Crippen molar-refractivity contribution in [1.82, 2.24) is 15.1 Å². The zero-order chi connectivity index (χ0) is 22.1. The van der Waals surface area contributed by atoms with E-state index in [9.17, 15) is 9.59 Å². The van der Waals surface area contributed by atoms with Crippen molar-refractivity contribution < 1.29 is 18.5 Å². The molecule has 0 atom stereocenters. The Bertz CT molecular complexity index is 1330. The number of benzene rings is 1. The first-order valence-electron chi connectivity index (χ1n) is 9.52. The zero-order valence-electron chi connectivity index (χ0n) is 17.0. The molecule has 0 aliphatic carbocycles. The Balaban J connectivity index is 1.76. The predicted octanol–water partition coefficient (Wildman–Crippen LogP) is 4.68. The lowest BCUT2D eigenvalue weighted by Crippen LogP contribution is -2.12. The monoisotopic (exact) mass is 483 g/mol. The molecule has 9 heteroatoms. The van der Waals surface area contributed by atoms with Crippen LogP contribution in [0.4, 0.5) is 0 Å². The highest BCUT2D eigenvalue weighted by Gasteiger charge is 2.19. The Morgan fingerprint density at radius 2 is 1.97 bits per heavy atom. The number of nitrogens with zero attached hydrogens (tertiary/aromatic N) is 3. The van der Waals surface area contributed by atoms with Gasteiger partial charge in [0.15, 0.2) is 5.58 Å². The third-order valence-electron chi connectivity index (χ3n) is 4.64. The van der Waals surface area contributed by atoms with Gasteiger partial charge in [-0.15, -0.1) is 0 Å². The second kappa shape index (κ2) is 8.43. The molecule has 0 radical (unpaired) electrons. The molecule has 0 spiro atoms. The minimum atomic E-state index is -0.625. The highest BCUT2D eigenvalue weighted by Crippen LogP contribution is 2.27. The molecule has 0 unspecified atom stereocenters. The van der Waals surface area contributed by atoms with E-state index in [0.29, 0.717) is 28.1 Å². The molecule has 0 amide bonds. The average molecular weight is 484 g/mol. The Morgan fingerprint density at radius 1 is 1.23 bits per heavy atom. The number of aryl methyl sites for hydroxylation is 1. The van der Waals surface area contributed by atoms with Crippen LogP contribution in [0.5, 0.6) is 0 Å². The van der Waals surface area contributed by atoms with Gasteiger partial charge in [0, 0.05) is 27.2 Å². The maximum atomic E-state index is 12.6. The van der Waals surface area contributed by atoms with Crippen LogP contribution in [0.3, 0.4) is 0 Å². The maximum absolute atomic E-state index is 12.6. The van der Waals surface area contributed by atoms with Gasteiger partial charge in [-0.1, -0.05) is 34.9 Å². The van der Waals surface area contributed by atoms with Gasteiger partial charge in [-0.25, -0.2) is 4.79 Å². The van der Waals surface area contributed by atoms with E-state index in [4.69, 9.17) is 13.7 Å². The quantitative estimate of drug-likeness (QED) is 0.376. The fraction of sp³-hybridized carbons (Fsp3) is 0.227. The number of carbonyl (C=O) groups excluding carboxylic acids is 1. The first-order chi connectivity index (χ1) is 14.8. The lowest BCUT2D eigenvalue weighted by atomic mass is 10.1. The number of esters is 1. The van der Waals surface area contributed by atoms with Crippen molar-refractivity contribution in [2.75, 3.05) is 0 Å². The van der Waals surface area contributed by atoms with Crippen molar-refractivity contribution in [2.24, 2.45) is 5.92 Å². The summed E-state index contributed by atoms with van der Waals surface area (Å²) in [4.78, 5) is 33.1. The molecule has 8 nitrogen and oxygen atoms in total. The minimum absolute atomic E-state index is 0.00192. The molecule has 1 aromatic carbocycles. The summed E-state index contributed by atoms with van der Waals surface area (Å²) in [6.45, 7) is 5.24. The molecule has 31 heavy (non-hydrogen) atoms.